The van der Waals surface area contributed by atoms with E-state index in [0.29, 0.717) is 10.6 Å². The van der Waals surface area contributed by atoms with Crippen LogP contribution >= 0.6 is 11.6 Å². The van der Waals surface area contributed by atoms with Crippen molar-refractivity contribution in [2.45, 2.75) is 19.1 Å². The molecule has 0 radical (unpaired) electrons. The van der Waals surface area contributed by atoms with Gasteiger partial charge in [0.2, 0.25) is 0 Å². The SMILES string of the molecule is CO[C@@H](C)[C@@H](OC(N)=O)c1ccccc1Cl. The molecule has 0 heterocycles. The maximum atomic E-state index is 10.8. The zero-order valence-electron chi connectivity index (χ0n) is 9.14. The molecule has 16 heavy (non-hydrogen) atoms. The maximum Gasteiger partial charge on any atom is 0.405 e. The maximum absolute atomic E-state index is 10.8. The molecule has 2 N–H and O–H groups in total. The van der Waals surface area contributed by atoms with Gasteiger partial charge >= 0.3 is 6.09 Å². The lowest BCUT2D eigenvalue weighted by Crippen LogP contribution is -2.26. The van der Waals surface area contributed by atoms with E-state index < -0.39 is 12.2 Å². The highest BCUT2D eigenvalue weighted by molar-refractivity contribution is 6.31. The minimum Gasteiger partial charge on any atom is -0.439 e. The number of halogens is 1. The molecule has 0 spiro atoms. The summed E-state index contributed by atoms with van der Waals surface area (Å²) >= 11 is 6.02. The van der Waals surface area contributed by atoms with Crippen molar-refractivity contribution in [1.29, 1.82) is 0 Å². The predicted molar refractivity (Wildman–Crippen MR) is 61.3 cm³/mol. The minimum absolute atomic E-state index is 0.326. The fraction of sp³-hybridized carbons (Fsp3) is 0.364. The molecule has 0 unspecified atom stereocenters. The van der Waals surface area contributed by atoms with Gasteiger partial charge < -0.3 is 15.2 Å². The standard InChI is InChI=1S/C11H14ClNO3/c1-7(15-2)10(16-11(13)14)8-5-3-4-6-9(8)12/h3-7,10H,1-2H3,(H2,13,14)/t7-,10+/m0/s1. The van der Waals surface area contributed by atoms with Crippen molar-refractivity contribution in [1.82, 2.24) is 0 Å². The third kappa shape index (κ3) is 3.12. The molecule has 4 nitrogen and oxygen atoms in total. The monoisotopic (exact) mass is 243 g/mol. The van der Waals surface area contributed by atoms with Gasteiger partial charge in [0, 0.05) is 17.7 Å². The van der Waals surface area contributed by atoms with Crippen LogP contribution in [0.2, 0.25) is 5.02 Å². The average Bonchev–Trinajstić information content (AvgIpc) is 2.26. The van der Waals surface area contributed by atoms with E-state index in [2.05, 4.69) is 0 Å². The Hall–Kier alpha value is -1.26. The van der Waals surface area contributed by atoms with Crippen molar-refractivity contribution >= 4 is 17.7 Å². The number of carbonyl (C=O) groups is 1. The number of rotatable bonds is 4. The Morgan fingerprint density at radius 1 is 1.44 bits per heavy atom. The van der Waals surface area contributed by atoms with E-state index in [0.717, 1.165) is 0 Å². The largest absolute Gasteiger partial charge is 0.439 e. The summed E-state index contributed by atoms with van der Waals surface area (Å²) in [6.07, 6.45) is -1.78. The van der Waals surface area contributed by atoms with Gasteiger partial charge in [0.1, 0.15) is 0 Å². The lowest BCUT2D eigenvalue weighted by atomic mass is 10.1. The van der Waals surface area contributed by atoms with Crippen LogP contribution in [0.25, 0.3) is 0 Å². The molecule has 0 aliphatic rings. The van der Waals surface area contributed by atoms with Gasteiger partial charge in [0.25, 0.3) is 0 Å². The molecule has 88 valence electrons. The van der Waals surface area contributed by atoms with Crippen molar-refractivity contribution in [3.8, 4) is 0 Å². The first-order chi connectivity index (χ1) is 7.56. The highest BCUT2D eigenvalue weighted by Crippen LogP contribution is 2.29. The van der Waals surface area contributed by atoms with Crippen LogP contribution in [0.1, 0.15) is 18.6 Å². The molecule has 1 rings (SSSR count). The van der Waals surface area contributed by atoms with Gasteiger partial charge in [-0.2, -0.15) is 0 Å². The second-order valence-corrected chi connectivity index (χ2v) is 3.73. The van der Waals surface area contributed by atoms with Crippen LogP contribution in [-0.4, -0.2) is 19.3 Å². The van der Waals surface area contributed by atoms with E-state index >= 15 is 0 Å². The minimum atomic E-state index is -0.853. The molecule has 2 atom stereocenters. The smallest absolute Gasteiger partial charge is 0.405 e. The third-order valence-corrected chi connectivity index (χ3v) is 2.60. The van der Waals surface area contributed by atoms with Crippen molar-refractivity contribution in [3.63, 3.8) is 0 Å². The molecule has 0 saturated heterocycles. The first-order valence-electron chi connectivity index (χ1n) is 4.79. The Morgan fingerprint density at radius 2 is 2.06 bits per heavy atom. The second kappa shape index (κ2) is 5.72. The zero-order valence-corrected chi connectivity index (χ0v) is 9.90. The number of nitrogens with two attached hydrogens (primary N) is 1. The summed E-state index contributed by atoms with van der Waals surface area (Å²) in [5.74, 6) is 0. The molecular weight excluding hydrogens is 230 g/mol. The van der Waals surface area contributed by atoms with Crippen LogP contribution in [-0.2, 0) is 9.47 Å². The molecule has 1 aromatic carbocycles. The van der Waals surface area contributed by atoms with Crippen LogP contribution in [0.5, 0.6) is 0 Å². The zero-order chi connectivity index (χ0) is 12.1. The van der Waals surface area contributed by atoms with Gasteiger partial charge in [-0.15, -0.1) is 0 Å². The lowest BCUT2D eigenvalue weighted by Gasteiger charge is -2.23. The molecule has 5 heteroatoms. The molecule has 0 saturated carbocycles. The van der Waals surface area contributed by atoms with E-state index in [9.17, 15) is 4.79 Å². The average molecular weight is 244 g/mol. The summed E-state index contributed by atoms with van der Waals surface area (Å²) < 4.78 is 10.1. The van der Waals surface area contributed by atoms with E-state index in [1.165, 1.54) is 7.11 Å². The lowest BCUT2D eigenvalue weighted by molar-refractivity contribution is -0.0109. The Kier molecular flexibility index (Phi) is 4.58. The van der Waals surface area contributed by atoms with E-state index in [-0.39, 0.29) is 6.10 Å². The molecule has 0 fully saturated rings. The number of carbonyl (C=O) groups excluding carboxylic acids is 1. The highest BCUT2D eigenvalue weighted by atomic mass is 35.5. The van der Waals surface area contributed by atoms with Crippen LogP contribution in [0.4, 0.5) is 4.79 Å². The summed E-state index contributed by atoms with van der Waals surface area (Å²) in [7, 11) is 1.53. The van der Waals surface area contributed by atoms with Crippen molar-refractivity contribution in [2.24, 2.45) is 5.73 Å². The number of amides is 1. The van der Waals surface area contributed by atoms with E-state index in [4.69, 9.17) is 26.8 Å². The second-order valence-electron chi connectivity index (χ2n) is 3.32. The number of benzene rings is 1. The number of hydrogen-bond donors (Lipinski definition) is 1. The van der Waals surface area contributed by atoms with Gasteiger partial charge in [0.05, 0.1) is 6.10 Å². The summed E-state index contributed by atoms with van der Waals surface area (Å²) in [4.78, 5) is 10.8. The summed E-state index contributed by atoms with van der Waals surface area (Å²) in [6.45, 7) is 1.77. The Morgan fingerprint density at radius 3 is 2.56 bits per heavy atom. The first-order valence-corrected chi connectivity index (χ1v) is 5.17. The normalized spacial score (nSPS) is 14.2. The summed E-state index contributed by atoms with van der Waals surface area (Å²) in [5.41, 5.74) is 5.69. The Bertz CT molecular complexity index is 370. The van der Waals surface area contributed by atoms with Gasteiger partial charge in [-0.05, 0) is 13.0 Å². The number of ether oxygens (including phenoxy) is 2. The van der Waals surface area contributed by atoms with Gasteiger partial charge in [0.15, 0.2) is 6.10 Å². The fourth-order valence-electron chi connectivity index (χ4n) is 1.37. The summed E-state index contributed by atoms with van der Waals surface area (Å²) in [5, 5.41) is 0.512. The van der Waals surface area contributed by atoms with Crippen LogP contribution in [0.3, 0.4) is 0 Å². The molecule has 0 aliphatic heterocycles. The third-order valence-electron chi connectivity index (χ3n) is 2.25. The molecule has 0 aromatic heterocycles. The molecular formula is C11H14ClNO3. The molecule has 1 aromatic rings. The Balaban J connectivity index is 3.01. The van der Waals surface area contributed by atoms with Crippen molar-refractivity contribution in [2.75, 3.05) is 7.11 Å². The number of primary amides is 1. The van der Waals surface area contributed by atoms with Crippen molar-refractivity contribution in [3.05, 3.63) is 34.9 Å². The molecule has 1 amide bonds. The molecule has 0 bridgehead atoms. The van der Waals surface area contributed by atoms with Gasteiger partial charge in [-0.1, -0.05) is 29.8 Å². The quantitative estimate of drug-likeness (QED) is 0.884. The van der Waals surface area contributed by atoms with Crippen molar-refractivity contribution < 1.29 is 14.3 Å². The van der Waals surface area contributed by atoms with Crippen LogP contribution in [0.15, 0.2) is 24.3 Å². The topological polar surface area (TPSA) is 61.6 Å². The van der Waals surface area contributed by atoms with Gasteiger partial charge in [-0.3, -0.25) is 0 Å². The highest BCUT2D eigenvalue weighted by Gasteiger charge is 2.24. The predicted octanol–water partition coefficient (Wildman–Crippen LogP) is 2.51. The molecule has 0 aliphatic carbocycles. The van der Waals surface area contributed by atoms with Gasteiger partial charge in [-0.25, -0.2) is 4.79 Å². The van der Waals surface area contributed by atoms with Crippen LogP contribution in [0, 0.1) is 0 Å². The Labute approximate surface area is 99.3 Å². The summed E-state index contributed by atoms with van der Waals surface area (Å²) in [6, 6.07) is 7.09. The number of methoxy groups -OCH3 is 1. The fourth-order valence-corrected chi connectivity index (χ4v) is 1.61. The first kappa shape index (κ1) is 12.8. The number of hydrogen-bond acceptors (Lipinski definition) is 3. The van der Waals surface area contributed by atoms with E-state index in [1.54, 1.807) is 31.2 Å². The van der Waals surface area contributed by atoms with E-state index in [1.807, 2.05) is 0 Å². The van der Waals surface area contributed by atoms with Crippen LogP contribution < -0.4 is 5.73 Å².